The molecule has 2 nitrogen and oxygen atoms in total. The Labute approximate surface area is 86.6 Å². The first-order valence-electron chi connectivity index (χ1n) is 5.25. The number of rotatable bonds is 2. The molecule has 2 rings (SSSR count). The Balaban J connectivity index is 0.000000140. The van der Waals surface area contributed by atoms with Gasteiger partial charge in [0.05, 0.1) is 12.2 Å². The van der Waals surface area contributed by atoms with E-state index in [1.165, 1.54) is 0 Å². The second-order valence-corrected chi connectivity index (χ2v) is 3.66. The monoisotopic (exact) mass is 196 g/mol. The highest BCUT2D eigenvalue weighted by Gasteiger charge is 2.30. The molecule has 2 aliphatic rings. The first kappa shape index (κ1) is 11.5. The van der Waals surface area contributed by atoms with Gasteiger partial charge >= 0.3 is 0 Å². The third-order valence-corrected chi connectivity index (χ3v) is 2.28. The molecule has 2 saturated heterocycles. The van der Waals surface area contributed by atoms with E-state index < -0.39 is 0 Å². The third-order valence-electron chi connectivity index (χ3n) is 2.28. The summed E-state index contributed by atoms with van der Waals surface area (Å²) < 4.78 is 10.1. The average Bonchev–Trinajstić information content (AvgIpc) is 2.99. The fourth-order valence-corrected chi connectivity index (χ4v) is 1.19. The SMILES string of the molecule is C/C=C/[C@H]1O[C@@H]1C.C/C=C/[C@H]1O[C@@H]1C. The lowest BCUT2D eigenvalue weighted by Crippen LogP contribution is -1.78. The molecule has 2 heteroatoms. The highest BCUT2D eigenvalue weighted by Crippen LogP contribution is 2.21. The van der Waals surface area contributed by atoms with Gasteiger partial charge in [0.25, 0.3) is 0 Å². The molecule has 0 aromatic heterocycles. The number of ether oxygens (including phenoxy) is 2. The van der Waals surface area contributed by atoms with Crippen LogP contribution in [0.1, 0.15) is 27.7 Å². The molecular formula is C12H20O2. The van der Waals surface area contributed by atoms with Crippen molar-refractivity contribution in [3.8, 4) is 0 Å². The van der Waals surface area contributed by atoms with Crippen molar-refractivity contribution in [2.75, 3.05) is 0 Å². The van der Waals surface area contributed by atoms with E-state index in [1.54, 1.807) is 0 Å². The Kier molecular flexibility index (Phi) is 4.36. The van der Waals surface area contributed by atoms with Gasteiger partial charge in [-0.15, -0.1) is 0 Å². The number of hydrogen-bond donors (Lipinski definition) is 0. The molecule has 4 atom stereocenters. The van der Waals surface area contributed by atoms with Gasteiger partial charge < -0.3 is 9.47 Å². The van der Waals surface area contributed by atoms with Gasteiger partial charge in [-0.25, -0.2) is 0 Å². The van der Waals surface area contributed by atoms with Crippen LogP contribution in [-0.4, -0.2) is 24.4 Å². The topological polar surface area (TPSA) is 25.1 Å². The summed E-state index contributed by atoms with van der Waals surface area (Å²) in [6, 6.07) is 0. The summed E-state index contributed by atoms with van der Waals surface area (Å²) in [5.41, 5.74) is 0. The van der Waals surface area contributed by atoms with Gasteiger partial charge in [0.2, 0.25) is 0 Å². The summed E-state index contributed by atoms with van der Waals surface area (Å²) in [6.45, 7) is 8.16. The van der Waals surface area contributed by atoms with Crippen molar-refractivity contribution in [1.29, 1.82) is 0 Å². The van der Waals surface area contributed by atoms with Crippen molar-refractivity contribution in [3.63, 3.8) is 0 Å². The molecule has 0 amide bonds. The first-order chi connectivity index (χ1) is 6.69. The quantitative estimate of drug-likeness (QED) is 0.501. The summed E-state index contributed by atoms with van der Waals surface area (Å²) in [4.78, 5) is 0. The zero-order valence-electron chi connectivity index (χ0n) is 9.44. The van der Waals surface area contributed by atoms with Crippen molar-refractivity contribution in [2.24, 2.45) is 0 Å². The zero-order chi connectivity index (χ0) is 10.6. The van der Waals surface area contributed by atoms with Gasteiger partial charge in [-0.1, -0.05) is 24.3 Å². The van der Waals surface area contributed by atoms with Gasteiger partial charge in [0, 0.05) is 0 Å². The van der Waals surface area contributed by atoms with Crippen molar-refractivity contribution in [1.82, 2.24) is 0 Å². The van der Waals surface area contributed by atoms with E-state index >= 15 is 0 Å². The largest absolute Gasteiger partial charge is 0.365 e. The van der Waals surface area contributed by atoms with Crippen LogP contribution in [0, 0.1) is 0 Å². The Bertz CT molecular complexity index is 196. The van der Waals surface area contributed by atoms with E-state index in [0.29, 0.717) is 24.4 Å². The minimum Gasteiger partial charge on any atom is -0.365 e. The fraction of sp³-hybridized carbons (Fsp3) is 0.667. The smallest absolute Gasteiger partial charge is 0.102 e. The van der Waals surface area contributed by atoms with E-state index in [4.69, 9.17) is 9.47 Å². The summed E-state index contributed by atoms with van der Waals surface area (Å²) in [6.07, 6.45) is 10.0. The molecule has 0 spiro atoms. The lowest BCUT2D eigenvalue weighted by Gasteiger charge is -1.69. The lowest BCUT2D eigenvalue weighted by atomic mass is 10.3. The molecule has 80 valence electrons. The van der Waals surface area contributed by atoms with Crippen LogP contribution in [-0.2, 0) is 9.47 Å². The summed E-state index contributed by atoms with van der Waals surface area (Å²) in [5.74, 6) is 0. The zero-order valence-corrected chi connectivity index (χ0v) is 9.44. The fourth-order valence-electron chi connectivity index (χ4n) is 1.19. The highest BCUT2D eigenvalue weighted by molar-refractivity contribution is 4.99. The first-order valence-corrected chi connectivity index (χ1v) is 5.25. The minimum absolute atomic E-state index is 0.435. The normalized spacial score (nSPS) is 39.7. The van der Waals surface area contributed by atoms with E-state index in [1.807, 2.05) is 26.0 Å². The van der Waals surface area contributed by atoms with Crippen LogP contribution in [0.25, 0.3) is 0 Å². The van der Waals surface area contributed by atoms with Crippen LogP contribution in [0.2, 0.25) is 0 Å². The van der Waals surface area contributed by atoms with Crippen LogP contribution < -0.4 is 0 Å². The van der Waals surface area contributed by atoms with Crippen LogP contribution in [0.5, 0.6) is 0 Å². The maximum Gasteiger partial charge on any atom is 0.102 e. The number of epoxide rings is 2. The average molecular weight is 196 g/mol. The van der Waals surface area contributed by atoms with Crippen LogP contribution in [0.4, 0.5) is 0 Å². The molecule has 0 aliphatic carbocycles. The molecule has 0 bridgehead atoms. The van der Waals surface area contributed by atoms with E-state index in [9.17, 15) is 0 Å². The maximum atomic E-state index is 5.07. The number of hydrogen-bond acceptors (Lipinski definition) is 2. The Morgan fingerprint density at radius 1 is 0.786 bits per heavy atom. The molecule has 0 aromatic rings. The predicted octanol–water partition coefficient (Wildman–Crippen LogP) is 2.70. The molecule has 0 aromatic carbocycles. The van der Waals surface area contributed by atoms with Gasteiger partial charge in [-0.05, 0) is 27.7 Å². The summed E-state index contributed by atoms with van der Waals surface area (Å²) in [5, 5.41) is 0. The lowest BCUT2D eigenvalue weighted by molar-refractivity contribution is 0.400. The molecule has 0 saturated carbocycles. The highest BCUT2D eigenvalue weighted by atomic mass is 16.6. The molecule has 0 N–H and O–H groups in total. The molecule has 2 heterocycles. The van der Waals surface area contributed by atoms with E-state index in [0.717, 1.165) is 0 Å². The molecule has 14 heavy (non-hydrogen) atoms. The van der Waals surface area contributed by atoms with Gasteiger partial charge in [0.15, 0.2) is 0 Å². The van der Waals surface area contributed by atoms with Crippen molar-refractivity contribution in [2.45, 2.75) is 52.1 Å². The van der Waals surface area contributed by atoms with E-state index in [2.05, 4.69) is 26.0 Å². The Hall–Kier alpha value is -0.600. The second-order valence-electron chi connectivity index (χ2n) is 3.66. The van der Waals surface area contributed by atoms with Crippen molar-refractivity contribution in [3.05, 3.63) is 24.3 Å². The standard InChI is InChI=1S/2C6H10O/c2*1-3-4-6-5(2)7-6/h2*3-6H,1-2H3/b2*4-3+/t2*5-,6-/m11/s1. The Morgan fingerprint density at radius 3 is 1.14 bits per heavy atom. The van der Waals surface area contributed by atoms with E-state index in [-0.39, 0.29) is 0 Å². The second kappa shape index (κ2) is 5.32. The van der Waals surface area contributed by atoms with Crippen molar-refractivity contribution < 1.29 is 9.47 Å². The third kappa shape index (κ3) is 4.07. The Morgan fingerprint density at radius 2 is 1.07 bits per heavy atom. The van der Waals surface area contributed by atoms with Crippen molar-refractivity contribution >= 4 is 0 Å². The molecular weight excluding hydrogens is 176 g/mol. The van der Waals surface area contributed by atoms with Gasteiger partial charge in [-0.3, -0.25) is 0 Å². The molecule has 2 fully saturated rings. The van der Waals surface area contributed by atoms with Gasteiger partial charge in [0.1, 0.15) is 12.2 Å². The molecule has 2 aliphatic heterocycles. The van der Waals surface area contributed by atoms with Crippen LogP contribution in [0.15, 0.2) is 24.3 Å². The van der Waals surface area contributed by atoms with Gasteiger partial charge in [-0.2, -0.15) is 0 Å². The number of allylic oxidation sites excluding steroid dienone is 2. The molecule has 0 unspecified atom stereocenters. The summed E-state index contributed by atoms with van der Waals surface area (Å²) >= 11 is 0. The van der Waals surface area contributed by atoms with Crippen LogP contribution in [0.3, 0.4) is 0 Å². The maximum absolute atomic E-state index is 5.07. The summed E-state index contributed by atoms with van der Waals surface area (Å²) in [7, 11) is 0. The minimum atomic E-state index is 0.435. The molecule has 0 radical (unpaired) electrons. The van der Waals surface area contributed by atoms with Crippen LogP contribution >= 0.6 is 0 Å². The predicted molar refractivity (Wildman–Crippen MR) is 58.3 cm³/mol.